The lowest BCUT2D eigenvalue weighted by Gasteiger charge is -2.21. The number of aromatic hydroxyl groups is 6. The average Bonchev–Trinajstić information content (AvgIpc) is 2.90. The van der Waals surface area contributed by atoms with Gasteiger partial charge in [0.05, 0.1) is 24.5 Å². The Bertz CT molecular complexity index is 1590. The predicted octanol–water partition coefficient (Wildman–Crippen LogP) is 7.23. The van der Waals surface area contributed by atoms with Crippen LogP contribution < -0.4 is 0 Å². The molecular weight excluding hydrogens is 768 g/mol. The molecule has 0 bridgehead atoms. The highest BCUT2D eigenvalue weighted by Crippen LogP contribution is 2.46. The van der Waals surface area contributed by atoms with Gasteiger partial charge < -0.3 is 35.7 Å². The zero-order valence-electron chi connectivity index (χ0n) is 20.0. The quantitative estimate of drug-likeness (QED) is 0.0981. The Kier molecular flexibility index (Phi) is 9.07. The fourth-order valence-corrected chi connectivity index (χ4v) is 6.29. The second-order valence-corrected chi connectivity index (χ2v) is 12.3. The minimum Gasteiger partial charge on any atom is -0.507 e. The molecule has 7 nitrogen and oxygen atoms in total. The highest BCUT2D eigenvalue weighted by atomic mass is 79.9. The zero-order chi connectivity index (χ0) is 28.6. The fourth-order valence-electron chi connectivity index (χ4n) is 4.40. The molecule has 7 N–H and O–H groups in total. The van der Waals surface area contributed by atoms with E-state index < -0.39 is 12.4 Å². The van der Waals surface area contributed by atoms with Crippen LogP contribution in [0.1, 0.15) is 38.9 Å². The van der Waals surface area contributed by atoms with E-state index >= 15 is 0 Å². The number of aliphatic hydroxyl groups excluding tert-OH is 1. The topological polar surface area (TPSA) is 142 Å². The second kappa shape index (κ2) is 12.0. The van der Waals surface area contributed by atoms with Gasteiger partial charge in [0.25, 0.3) is 0 Å². The van der Waals surface area contributed by atoms with E-state index in [0.29, 0.717) is 42.3 Å². The standard InChI is InChI=1S/C28H22Br4O7/c29-19-7-12(1-3-22(19)34)5-15-14(10-21(31)27(38)25(15)36)9-16-18(11-33)17(26(37)28(39)24(16)32)6-13-2-4-23(35)20(30)8-13/h1-4,7-8,10,33-39H,5-6,9,11H2. The van der Waals surface area contributed by atoms with E-state index in [-0.39, 0.29) is 57.0 Å². The van der Waals surface area contributed by atoms with Crippen molar-refractivity contribution in [3.63, 3.8) is 0 Å². The molecule has 0 saturated carbocycles. The molecule has 0 atom stereocenters. The van der Waals surface area contributed by atoms with Gasteiger partial charge in [-0.15, -0.1) is 0 Å². The number of hydrogen-bond acceptors (Lipinski definition) is 7. The Balaban J connectivity index is 1.85. The fraction of sp³-hybridized carbons (Fsp3) is 0.143. The molecule has 0 unspecified atom stereocenters. The lowest BCUT2D eigenvalue weighted by atomic mass is 9.88. The molecule has 0 aliphatic rings. The molecule has 4 aromatic rings. The Morgan fingerprint density at radius 1 is 0.487 bits per heavy atom. The third kappa shape index (κ3) is 6.02. The van der Waals surface area contributed by atoms with Gasteiger partial charge in [0.15, 0.2) is 23.0 Å². The Hall–Kier alpha value is -2.44. The van der Waals surface area contributed by atoms with Crippen LogP contribution in [0.25, 0.3) is 0 Å². The molecule has 0 heterocycles. The summed E-state index contributed by atoms with van der Waals surface area (Å²) in [5.41, 5.74) is 3.60. The smallest absolute Gasteiger partial charge is 0.172 e. The first kappa shape index (κ1) is 29.5. The molecule has 0 aliphatic carbocycles. The molecule has 39 heavy (non-hydrogen) atoms. The summed E-state index contributed by atoms with van der Waals surface area (Å²) in [4.78, 5) is 0. The normalized spacial score (nSPS) is 11.2. The van der Waals surface area contributed by atoms with Crippen molar-refractivity contribution >= 4 is 63.7 Å². The number of phenolic OH excluding ortho intramolecular Hbond substituents is 6. The first-order valence-corrected chi connectivity index (χ1v) is 14.6. The van der Waals surface area contributed by atoms with Crippen molar-refractivity contribution < 1.29 is 35.7 Å². The third-order valence-electron chi connectivity index (χ3n) is 6.45. The summed E-state index contributed by atoms with van der Waals surface area (Å²) in [5.74, 6) is -1.34. The molecule has 0 radical (unpaired) electrons. The maximum Gasteiger partial charge on any atom is 0.172 e. The molecule has 0 aromatic heterocycles. The van der Waals surface area contributed by atoms with E-state index in [9.17, 15) is 35.7 Å². The highest BCUT2D eigenvalue weighted by Gasteiger charge is 2.25. The lowest BCUT2D eigenvalue weighted by molar-refractivity contribution is 0.278. The Morgan fingerprint density at radius 3 is 1.51 bits per heavy atom. The minimum absolute atomic E-state index is 0.0515. The van der Waals surface area contributed by atoms with Gasteiger partial charge in [0.2, 0.25) is 0 Å². The summed E-state index contributed by atoms with van der Waals surface area (Å²) in [6, 6.07) is 11.4. The van der Waals surface area contributed by atoms with Gasteiger partial charge in [-0.05, 0) is 128 Å². The molecule has 4 aromatic carbocycles. The van der Waals surface area contributed by atoms with Crippen molar-refractivity contribution in [2.24, 2.45) is 0 Å². The minimum atomic E-state index is -0.457. The van der Waals surface area contributed by atoms with E-state index in [4.69, 9.17) is 0 Å². The Morgan fingerprint density at radius 2 is 1.00 bits per heavy atom. The Labute approximate surface area is 257 Å². The monoisotopic (exact) mass is 786 g/mol. The largest absolute Gasteiger partial charge is 0.507 e. The van der Waals surface area contributed by atoms with E-state index in [1.54, 1.807) is 30.3 Å². The molecule has 0 aliphatic heterocycles. The SMILES string of the molecule is OCc1c(Cc2ccc(O)c(Br)c2)c(O)c(O)c(Br)c1Cc1cc(Br)c(O)c(O)c1Cc1ccc(O)c(Br)c1. The van der Waals surface area contributed by atoms with Crippen LogP contribution in [0.3, 0.4) is 0 Å². The molecule has 4 rings (SSSR count). The summed E-state index contributed by atoms with van der Waals surface area (Å²) >= 11 is 13.2. The van der Waals surface area contributed by atoms with Crippen LogP contribution in [0.5, 0.6) is 34.5 Å². The predicted molar refractivity (Wildman–Crippen MR) is 161 cm³/mol. The van der Waals surface area contributed by atoms with E-state index in [0.717, 1.165) is 5.56 Å². The first-order valence-electron chi connectivity index (χ1n) is 11.4. The number of rotatable bonds is 7. The van der Waals surface area contributed by atoms with Gasteiger partial charge in [-0.3, -0.25) is 0 Å². The van der Waals surface area contributed by atoms with Crippen LogP contribution in [0.4, 0.5) is 0 Å². The summed E-state index contributed by atoms with van der Waals surface area (Å²) < 4.78 is 1.37. The number of aliphatic hydroxyl groups is 1. The number of halogens is 4. The zero-order valence-corrected chi connectivity index (χ0v) is 26.4. The van der Waals surface area contributed by atoms with Crippen LogP contribution in [0.15, 0.2) is 60.4 Å². The molecular formula is C28H22Br4O7. The van der Waals surface area contributed by atoms with E-state index in [1.165, 1.54) is 12.1 Å². The van der Waals surface area contributed by atoms with Crippen LogP contribution in [-0.2, 0) is 25.9 Å². The highest BCUT2D eigenvalue weighted by molar-refractivity contribution is 9.11. The van der Waals surface area contributed by atoms with Gasteiger partial charge in [-0.25, -0.2) is 0 Å². The number of hydrogen-bond donors (Lipinski definition) is 7. The summed E-state index contributed by atoms with van der Waals surface area (Å²) in [6.45, 7) is -0.457. The molecule has 204 valence electrons. The number of benzene rings is 4. The molecule has 0 saturated heterocycles. The van der Waals surface area contributed by atoms with Gasteiger partial charge in [0.1, 0.15) is 11.5 Å². The molecule has 11 heteroatoms. The number of phenols is 6. The van der Waals surface area contributed by atoms with Gasteiger partial charge >= 0.3 is 0 Å². The van der Waals surface area contributed by atoms with Crippen LogP contribution in [0.2, 0.25) is 0 Å². The van der Waals surface area contributed by atoms with Crippen LogP contribution in [-0.4, -0.2) is 35.7 Å². The molecule has 0 fully saturated rings. The van der Waals surface area contributed by atoms with E-state index in [1.807, 2.05) is 0 Å². The van der Waals surface area contributed by atoms with Crippen molar-refractivity contribution in [3.8, 4) is 34.5 Å². The van der Waals surface area contributed by atoms with Crippen LogP contribution >= 0.6 is 63.7 Å². The maximum atomic E-state index is 10.9. The first-order chi connectivity index (χ1) is 18.4. The maximum absolute atomic E-state index is 10.9. The van der Waals surface area contributed by atoms with Gasteiger partial charge in [-0.1, -0.05) is 12.1 Å². The summed E-state index contributed by atoms with van der Waals surface area (Å²) in [6.07, 6.45) is 0.455. The third-order valence-corrected chi connectivity index (χ3v) is 9.18. The summed E-state index contributed by atoms with van der Waals surface area (Å²) in [5, 5.41) is 73.1. The van der Waals surface area contributed by atoms with Crippen molar-refractivity contribution in [1.82, 2.24) is 0 Å². The van der Waals surface area contributed by atoms with Crippen molar-refractivity contribution in [2.45, 2.75) is 25.9 Å². The van der Waals surface area contributed by atoms with Gasteiger partial charge in [0, 0.05) is 24.0 Å². The van der Waals surface area contributed by atoms with Crippen molar-refractivity contribution in [2.75, 3.05) is 0 Å². The molecule has 0 amide bonds. The second-order valence-electron chi connectivity index (χ2n) is 8.90. The van der Waals surface area contributed by atoms with Crippen molar-refractivity contribution in [1.29, 1.82) is 0 Å². The average molecular weight is 790 g/mol. The van der Waals surface area contributed by atoms with Crippen LogP contribution in [0, 0.1) is 0 Å². The molecule has 0 spiro atoms. The summed E-state index contributed by atoms with van der Waals surface area (Å²) in [7, 11) is 0. The van der Waals surface area contributed by atoms with Crippen molar-refractivity contribution in [3.05, 3.63) is 99.3 Å². The lowest BCUT2D eigenvalue weighted by Crippen LogP contribution is -2.07. The van der Waals surface area contributed by atoms with E-state index in [2.05, 4.69) is 63.7 Å². The van der Waals surface area contributed by atoms with Gasteiger partial charge in [-0.2, -0.15) is 0 Å².